The van der Waals surface area contributed by atoms with Crippen molar-refractivity contribution >= 4 is 70.1 Å². The number of amides is 4. The summed E-state index contributed by atoms with van der Waals surface area (Å²) < 4.78 is 5.63. The molecule has 0 unspecified atom stereocenters. The van der Waals surface area contributed by atoms with E-state index in [4.69, 9.17) is 39.2 Å². The number of carbonyl (C=O) groups excluding carboxylic acids is 3. The zero-order chi connectivity index (χ0) is 23.9. The Balaban J connectivity index is 1.68. The molecular weight excluding hydrogens is 497 g/mol. The Morgan fingerprint density at radius 3 is 2.36 bits per heavy atom. The Hall–Kier alpha value is -3.66. The molecule has 1 saturated heterocycles. The smallest absolute Gasteiger partial charge is 0.335 e. The van der Waals surface area contributed by atoms with Crippen molar-refractivity contribution in [3.8, 4) is 11.3 Å². The minimum Gasteiger partial charge on any atom is -0.457 e. The fourth-order valence-corrected chi connectivity index (χ4v) is 3.53. The summed E-state index contributed by atoms with van der Waals surface area (Å²) in [5, 5.41) is 13.5. The summed E-state index contributed by atoms with van der Waals surface area (Å²) in [5.41, 5.74) is -0.201. The highest BCUT2D eigenvalue weighted by Gasteiger charge is 2.37. The van der Waals surface area contributed by atoms with E-state index in [1.165, 1.54) is 48.5 Å². The number of nitro groups is 1. The molecule has 1 N–H and O–H groups in total. The van der Waals surface area contributed by atoms with Crippen LogP contribution in [0.15, 0.2) is 58.5 Å². The summed E-state index contributed by atoms with van der Waals surface area (Å²) in [6.45, 7) is 0. The van der Waals surface area contributed by atoms with Gasteiger partial charge in [0, 0.05) is 11.6 Å². The van der Waals surface area contributed by atoms with E-state index in [9.17, 15) is 24.5 Å². The molecule has 33 heavy (non-hydrogen) atoms. The van der Waals surface area contributed by atoms with Gasteiger partial charge >= 0.3 is 6.03 Å². The average molecular weight is 507 g/mol. The second-order valence-corrected chi connectivity index (χ2v) is 7.90. The largest absolute Gasteiger partial charge is 0.457 e. The Bertz CT molecular complexity index is 1380. The first kappa shape index (κ1) is 22.5. The van der Waals surface area contributed by atoms with Crippen LogP contribution in [0.2, 0.25) is 15.1 Å². The number of halogens is 3. The standard InChI is InChI=1S/C21H10Cl3N3O6/c22-14-5-2-11(8-16(14)24)26-20(29)13(19(28)25-21(26)30)9-12-3-6-18(33-12)10-1-4-15(23)17(7-10)27(31)32/h1-9H,(H,25,28,30)/b13-9-. The number of nitrogens with zero attached hydrogens (tertiary/aromatic N) is 2. The minimum absolute atomic E-state index is 0.0332. The van der Waals surface area contributed by atoms with Crippen molar-refractivity contribution < 1.29 is 23.7 Å². The van der Waals surface area contributed by atoms with E-state index in [0.29, 0.717) is 5.56 Å². The molecule has 166 valence electrons. The normalized spacial score (nSPS) is 15.2. The van der Waals surface area contributed by atoms with Crippen LogP contribution in [0.5, 0.6) is 0 Å². The minimum atomic E-state index is -0.950. The van der Waals surface area contributed by atoms with E-state index in [2.05, 4.69) is 5.32 Å². The summed E-state index contributed by atoms with van der Waals surface area (Å²) in [7, 11) is 0. The van der Waals surface area contributed by atoms with Crippen LogP contribution in [0, 0.1) is 10.1 Å². The van der Waals surface area contributed by atoms with Crippen molar-refractivity contribution in [3.63, 3.8) is 0 Å². The lowest BCUT2D eigenvalue weighted by atomic mass is 10.1. The average Bonchev–Trinajstić information content (AvgIpc) is 3.22. The van der Waals surface area contributed by atoms with E-state index in [-0.39, 0.29) is 43.5 Å². The zero-order valence-electron chi connectivity index (χ0n) is 16.2. The summed E-state index contributed by atoms with van der Waals surface area (Å²) in [6, 6.07) is 10.3. The topological polar surface area (TPSA) is 123 Å². The molecule has 0 spiro atoms. The van der Waals surface area contributed by atoms with Crippen LogP contribution in [-0.2, 0) is 9.59 Å². The van der Waals surface area contributed by atoms with Gasteiger partial charge < -0.3 is 4.42 Å². The van der Waals surface area contributed by atoms with Crippen LogP contribution in [0.4, 0.5) is 16.2 Å². The molecule has 1 fully saturated rings. The fourth-order valence-electron chi connectivity index (χ4n) is 3.05. The first-order valence-electron chi connectivity index (χ1n) is 9.06. The van der Waals surface area contributed by atoms with Crippen LogP contribution in [0.25, 0.3) is 17.4 Å². The third-order valence-corrected chi connectivity index (χ3v) is 5.66. The number of rotatable bonds is 4. The van der Waals surface area contributed by atoms with E-state index in [1.54, 1.807) is 0 Å². The lowest BCUT2D eigenvalue weighted by Crippen LogP contribution is -2.54. The number of nitro benzene ring substituents is 1. The number of hydrogen-bond acceptors (Lipinski definition) is 6. The predicted molar refractivity (Wildman–Crippen MR) is 121 cm³/mol. The molecular formula is C21H10Cl3N3O6. The molecule has 3 aromatic rings. The summed E-state index contributed by atoms with van der Waals surface area (Å²) in [4.78, 5) is 48.8. The predicted octanol–water partition coefficient (Wildman–Crippen LogP) is 5.48. The highest BCUT2D eigenvalue weighted by molar-refractivity contribution is 6.43. The number of nitrogens with one attached hydrogen (secondary N) is 1. The Kier molecular flexibility index (Phi) is 5.94. The Labute approximate surface area is 200 Å². The quantitative estimate of drug-likeness (QED) is 0.216. The molecule has 0 atom stereocenters. The van der Waals surface area contributed by atoms with Crippen molar-refractivity contribution in [2.45, 2.75) is 0 Å². The van der Waals surface area contributed by atoms with Crippen LogP contribution in [0.1, 0.15) is 5.76 Å². The van der Waals surface area contributed by atoms with Gasteiger partial charge in [0.05, 0.1) is 20.7 Å². The van der Waals surface area contributed by atoms with Crippen molar-refractivity contribution in [2.24, 2.45) is 0 Å². The third-order valence-electron chi connectivity index (χ3n) is 4.60. The second-order valence-electron chi connectivity index (χ2n) is 6.68. The summed E-state index contributed by atoms with van der Waals surface area (Å²) >= 11 is 17.7. The SMILES string of the molecule is O=C1NC(=O)N(c2ccc(Cl)c(Cl)c2)C(=O)/C1=C\c1ccc(-c2ccc(Cl)c([N+](=O)[O-])c2)o1. The van der Waals surface area contributed by atoms with Gasteiger partial charge in [0.2, 0.25) is 0 Å². The van der Waals surface area contributed by atoms with Crippen LogP contribution >= 0.6 is 34.8 Å². The Morgan fingerprint density at radius 2 is 1.67 bits per heavy atom. The fraction of sp³-hybridized carbons (Fsp3) is 0. The number of anilines is 1. The van der Waals surface area contributed by atoms with Gasteiger partial charge in [-0.1, -0.05) is 34.8 Å². The van der Waals surface area contributed by atoms with Gasteiger partial charge in [-0.25, -0.2) is 9.69 Å². The van der Waals surface area contributed by atoms with Crippen LogP contribution in [-0.4, -0.2) is 22.8 Å². The molecule has 4 amide bonds. The van der Waals surface area contributed by atoms with Crippen LogP contribution < -0.4 is 10.2 Å². The van der Waals surface area contributed by atoms with E-state index >= 15 is 0 Å². The third kappa shape index (κ3) is 4.34. The van der Waals surface area contributed by atoms with E-state index < -0.39 is 22.8 Å². The highest BCUT2D eigenvalue weighted by Crippen LogP contribution is 2.32. The lowest BCUT2D eigenvalue weighted by Gasteiger charge is -2.26. The lowest BCUT2D eigenvalue weighted by molar-refractivity contribution is -0.384. The molecule has 12 heteroatoms. The van der Waals surface area contributed by atoms with E-state index in [1.807, 2.05) is 0 Å². The maximum Gasteiger partial charge on any atom is 0.335 e. The van der Waals surface area contributed by atoms with Gasteiger partial charge in [-0.15, -0.1) is 0 Å². The van der Waals surface area contributed by atoms with Crippen molar-refractivity contribution in [2.75, 3.05) is 4.90 Å². The van der Waals surface area contributed by atoms with E-state index in [0.717, 1.165) is 11.0 Å². The van der Waals surface area contributed by atoms with Gasteiger partial charge in [0.1, 0.15) is 22.1 Å². The molecule has 2 aromatic carbocycles. The number of furan rings is 1. The maximum atomic E-state index is 12.9. The molecule has 0 bridgehead atoms. The zero-order valence-corrected chi connectivity index (χ0v) is 18.4. The molecule has 0 saturated carbocycles. The summed E-state index contributed by atoms with van der Waals surface area (Å²) in [5.74, 6) is -1.48. The molecule has 9 nitrogen and oxygen atoms in total. The first-order valence-corrected chi connectivity index (χ1v) is 10.2. The number of benzene rings is 2. The number of hydrogen-bond donors (Lipinski definition) is 1. The molecule has 4 rings (SSSR count). The highest BCUT2D eigenvalue weighted by atomic mass is 35.5. The Morgan fingerprint density at radius 1 is 0.939 bits per heavy atom. The molecule has 1 aromatic heterocycles. The molecule has 1 aliphatic heterocycles. The van der Waals surface area contributed by atoms with Crippen molar-refractivity contribution in [1.82, 2.24) is 5.32 Å². The van der Waals surface area contributed by atoms with Crippen molar-refractivity contribution in [1.29, 1.82) is 0 Å². The van der Waals surface area contributed by atoms with Gasteiger partial charge in [0.15, 0.2) is 0 Å². The summed E-state index contributed by atoms with van der Waals surface area (Å²) in [6.07, 6.45) is 1.16. The first-order chi connectivity index (χ1) is 15.7. The number of carbonyl (C=O) groups is 3. The van der Waals surface area contributed by atoms with Gasteiger partial charge in [0.25, 0.3) is 17.5 Å². The number of imide groups is 2. The second kappa shape index (κ2) is 8.70. The van der Waals surface area contributed by atoms with Gasteiger partial charge in [-0.2, -0.15) is 0 Å². The van der Waals surface area contributed by atoms with Crippen LogP contribution in [0.3, 0.4) is 0 Å². The number of urea groups is 1. The maximum absolute atomic E-state index is 12.9. The monoisotopic (exact) mass is 505 g/mol. The molecule has 0 radical (unpaired) electrons. The number of barbiturate groups is 1. The van der Waals surface area contributed by atoms with Gasteiger partial charge in [-0.3, -0.25) is 25.0 Å². The molecule has 1 aliphatic rings. The molecule has 0 aliphatic carbocycles. The molecule has 2 heterocycles. The van der Waals surface area contributed by atoms with Crippen molar-refractivity contribution in [3.05, 3.63) is 85.0 Å². The van der Waals surface area contributed by atoms with Gasteiger partial charge in [-0.05, 0) is 48.5 Å².